The average molecular weight is 169 g/mol. The summed E-state index contributed by atoms with van der Waals surface area (Å²) in [6, 6.07) is 0. The van der Waals surface area contributed by atoms with Gasteiger partial charge in [0, 0.05) is 12.6 Å². The van der Waals surface area contributed by atoms with Crippen LogP contribution in [0.15, 0.2) is 17.0 Å². The zero-order chi connectivity index (χ0) is 9.56. The molecule has 0 saturated heterocycles. The lowest BCUT2D eigenvalue weighted by atomic mass is 9.91. The van der Waals surface area contributed by atoms with Gasteiger partial charge in [0.25, 0.3) is 0 Å². The molecule has 0 fully saturated rings. The fourth-order valence-electron chi connectivity index (χ4n) is 1.41. The summed E-state index contributed by atoms with van der Waals surface area (Å²) in [7, 11) is 0. The van der Waals surface area contributed by atoms with Gasteiger partial charge in [-0.05, 0) is 25.3 Å². The van der Waals surface area contributed by atoms with E-state index in [1.807, 2.05) is 13.0 Å². The minimum atomic E-state index is 0.459. The molecule has 0 radical (unpaired) electrons. The number of oxime groups is 1. The third-order valence-electron chi connectivity index (χ3n) is 2.06. The number of nitrogens with zero attached hydrogens (tertiary/aromatic N) is 1. The largest absolute Gasteiger partial charge is 0.362 e. The summed E-state index contributed by atoms with van der Waals surface area (Å²) in [6.45, 7) is 11.8. The van der Waals surface area contributed by atoms with E-state index in [4.69, 9.17) is 4.84 Å². The standard InChI is InChI=1S/C10H19NO/c1-6-9(8(3)4)10(7-2)12-11-5/h7-9H,5-6H2,1-4H3/b10-7-/t9-/m0/s1. The van der Waals surface area contributed by atoms with Gasteiger partial charge in [-0.2, -0.15) is 0 Å². The summed E-state index contributed by atoms with van der Waals surface area (Å²) in [5.41, 5.74) is 0. The number of hydrogen-bond donors (Lipinski definition) is 0. The highest BCUT2D eigenvalue weighted by atomic mass is 16.6. The number of rotatable bonds is 5. The average Bonchev–Trinajstić information content (AvgIpc) is 2.03. The fraction of sp³-hybridized carbons (Fsp3) is 0.700. The number of hydrogen-bond acceptors (Lipinski definition) is 2. The predicted molar refractivity (Wildman–Crippen MR) is 53.0 cm³/mol. The van der Waals surface area contributed by atoms with Crippen LogP contribution in [0.25, 0.3) is 0 Å². The molecule has 0 N–H and O–H groups in total. The van der Waals surface area contributed by atoms with Crippen LogP contribution < -0.4 is 0 Å². The van der Waals surface area contributed by atoms with Crippen molar-refractivity contribution >= 4 is 6.72 Å². The Morgan fingerprint density at radius 1 is 1.58 bits per heavy atom. The van der Waals surface area contributed by atoms with E-state index in [2.05, 4.69) is 32.6 Å². The summed E-state index contributed by atoms with van der Waals surface area (Å²) in [4.78, 5) is 5.08. The molecule has 0 aliphatic rings. The second-order valence-electron chi connectivity index (χ2n) is 3.17. The third kappa shape index (κ3) is 3.07. The second kappa shape index (κ2) is 5.81. The molecule has 0 unspecified atom stereocenters. The van der Waals surface area contributed by atoms with Gasteiger partial charge >= 0.3 is 0 Å². The Morgan fingerprint density at radius 2 is 2.17 bits per heavy atom. The molecule has 2 heteroatoms. The molecule has 0 bridgehead atoms. The molecule has 0 rings (SSSR count). The molecule has 0 spiro atoms. The van der Waals surface area contributed by atoms with E-state index in [0.29, 0.717) is 11.8 Å². The minimum Gasteiger partial charge on any atom is -0.362 e. The molecule has 0 aromatic rings. The maximum atomic E-state index is 5.08. The highest BCUT2D eigenvalue weighted by Crippen LogP contribution is 2.24. The van der Waals surface area contributed by atoms with Crippen molar-refractivity contribution in [1.29, 1.82) is 0 Å². The van der Waals surface area contributed by atoms with Gasteiger partial charge in [-0.25, -0.2) is 0 Å². The molecule has 0 aliphatic carbocycles. The SMILES string of the molecule is C=NO/C(=C\C)[C@@H](CC)C(C)C. The van der Waals surface area contributed by atoms with E-state index in [1.165, 1.54) is 0 Å². The lowest BCUT2D eigenvalue weighted by molar-refractivity contribution is 0.169. The van der Waals surface area contributed by atoms with Crippen LogP contribution in [0.3, 0.4) is 0 Å². The molecule has 1 atom stereocenters. The van der Waals surface area contributed by atoms with Gasteiger partial charge in [-0.15, -0.1) is 0 Å². The molecule has 0 amide bonds. The first-order chi connectivity index (χ1) is 5.67. The summed E-state index contributed by atoms with van der Waals surface area (Å²) in [5.74, 6) is 1.98. The maximum absolute atomic E-state index is 5.08. The highest BCUT2D eigenvalue weighted by molar-refractivity contribution is 5.21. The third-order valence-corrected chi connectivity index (χ3v) is 2.06. The summed E-state index contributed by atoms with van der Waals surface area (Å²) >= 11 is 0. The van der Waals surface area contributed by atoms with Crippen LogP contribution in [-0.2, 0) is 4.84 Å². The van der Waals surface area contributed by atoms with E-state index in [-0.39, 0.29) is 0 Å². The fourth-order valence-corrected chi connectivity index (χ4v) is 1.41. The number of allylic oxidation sites excluding steroid dienone is 2. The van der Waals surface area contributed by atoms with Crippen molar-refractivity contribution in [3.05, 3.63) is 11.8 Å². The first-order valence-corrected chi connectivity index (χ1v) is 4.46. The van der Waals surface area contributed by atoms with E-state index in [9.17, 15) is 0 Å². The Morgan fingerprint density at radius 3 is 2.42 bits per heavy atom. The van der Waals surface area contributed by atoms with Crippen molar-refractivity contribution in [3.63, 3.8) is 0 Å². The van der Waals surface area contributed by atoms with Gasteiger partial charge in [0.2, 0.25) is 0 Å². The second-order valence-corrected chi connectivity index (χ2v) is 3.17. The molecule has 0 aromatic heterocycles. The molecule has 0 aromatic carbocycles. The van der Waals surface area contributed by atoms with Gasteiger partial charge in [-0.1, -0.05) is 25.9 Å². The Bertz CT molecular complexity index is 161. The topological polar surface area (TPSA) is 21.6 Å². The first kappa shape index (κ1) is 11.2. The van der Waals surface area contributed by atoms with Crippen LogP contribution in [0.5, 0.6) is 0 Å². The summed E-state index contributed by atoms with van der Waals surface area (Å²) < 4.78 is 0. The quantitative estimate of drug-likeness (QED) is 0.352. The smallest absolute Gasteiger partial charge is 0.134 e. The Balaban J connectivity index is 4.34. The van der Waals surface area contributed by atoms with E-state index in [1.54, 1.807) is 0 Å². The molecular formula is C10H19NO. The van der Waals surface area contributed by atoms with Crippen LogP contribution in [-0.4, -0.2) is 6.72 Å². The Kier molecular flexibility index (Phi) is 5.43. The molecule has 70 valence electrons. The van der Waals surface area contributed by atoms with Gasteiger partial charge in [-0.3, -0.25) is 0 Å². The minimum absolute atomic E-state index is 0.459. The summed E-state index contributed by atoms with van der Waals surface area (Å²) in [6.07, 6.45) is 3.04. The molecule has 2 nitrogen and oxygen atoms in total. The van der Waals surface area contributed by atoms with Crippen molar-refractivity contribution < 1.29 is 4.84 Å². The van der Waals surface area contributed by atoms with Crippen LogP contribution >= 0.6 is 0 Å². The summed E-state index contributed by atoms with van der Waals surface area (Å²) in [5, 5.41) is 3.44. The van der Waals surface area contributed by atoms with Crippen molar-refractivity contribution in [3.8, 4) is 0 Å². The zero-order valence-electron chi connectivity index (χ0n) is 8.50. The van der Waals surface area contributed by atoms with Crippen molar-refractivity contribution in [2.24, 2.45) is 17.0 Å². The van der Waals surface area contributed by atoms with Crippen molar-refractivity contribution in [2.45, 2.75) is 34.1 Å². The van der Waals surface area contributed by atoms with Gasteiger partial charge in [0.05, 0.1) is 0 Å². The molecular weight excluding hydrogens is 150 g/mol. The van der Waals surface area contributed by atoms with Gasteiger partial charge in [0.15, 0.2) is 0 Å². The van der Waals surface area contributed by atoms with E-state index < -0.39 is 0 Å². The lowest BCUT2D eigenvalue weighted by Gasteiger charge is -2.19. The van der Waals surface area contributed by atoms with Gasteiger partial charge < -0.3 is 4.84 Å². The monoisotopic (exact) mass is 169 g/mol. The Labute approximate surface area is 75.3 Å². The molecule has 0 saturated carbocycles. The first-order valence-electron chi connectivity index (χ1n) is 4.46. The normalized spacial score (nSPS) is 14.6. The molecule has 12 heavy (non-hydrogen) atoms. The van der Waals surface area contributed by atoms with Crippen molar-refractivity contribution in [2.75, 3.05) is 0 Å². The van der Waals surface area contributed by atoms with E-state index >= 15 is 0 Å². The van der Waals surface area contributed by atoms with E-state index in [0.717, 1.165) is 12.2 Å². The maximum Gasteiger partial charge on any atom is 0.134 e. The lowest BCUT2D eigenvalue weighted by Crippen LogP contribution is -2.11. The highest BCUT2D eigenvalue weighted by Gasteiger charge is 2.17. The molecule has 0 heterocycles. The van der Waals surface area contributed by atoms with Gasteiger partial charge in [0.1, 0.15) is 5.76 Å². The van der Waals surface area contributed by atoms with Crippen LogP contribution in [0.2, 0.25) is 0 Å². The van der Waals surface area contributed by atoms with Crippen LogP contribution in [0.4, 0.5) is 0 Å². The van der Waals surface area contributed by atoms with Crippen LogP contribution in [0.1, 0.15) is 34.1 Å². The van der Waals surface area contributed by atoms with Crippen LogP contribution in [0, 0.1) is 11.8 Å². The Hall–Kier alpha value is -0.790. The molecule has 0 aliphatic heterocycles. The van der Waals surface area contributed by atoms with Crippen molar-refractivity contribution in [1.82, 2.24) is 0 Å². The zero-order valence-corrected chi connectivity index (χ0v) is 8.50. The predicted octanol–water partition coefficient (Wildman–Crippen LogP) is 3.20.